The van der Waals surface area contributed by atoms with Crippen LogP contribution in [-0.4, -0.2) is 35.6 Å². The quantitative estimate of drug-likeness (QED) is 0.744. The number of aryl methyl sites for hydroxylation is 1. The van der Waals surface area contributed by atoms with Crippen molar-refractivity contribution in [3.63, 3.8) is 0 Å². The molecule has 0 atom stereocenters. The van der Waals surface area contributed by atoms with E-state index in [4.69, 9.17) is 4.74 Å². The molecular weight excluding hydrogens is 365 g/mol. The third-order valence-corrected chi connectivity index (χ3v) is 3.99. The molecule has 2 rings (SSSR count). The van der Waals surface area contributed by atoms with E-state index in [1.165, 1.54) is 12.1 Å². The highest BCUT2D eigenvalue weighted by Crippen LogP contribution is 2.21. The zero-order chi connectivity index (χ0) is 20.8. The van der Waals surface area contributed by atoms with E-state index in [2.05, 4.69) is 10.6 Å². The number of benzene rings is 1. The third kappa shape index (κ3) is 5.42. The number of urea groups is 1. The van der Waals surface area contributed by atoms with Crippen molar-refractivity contribution in [2.75, 3.05) is 13.2 Å². The van der Waals surface area contributed by atoms with Crippen LogP contribution in [0.25, 0.3) is 5.69 Å². The first-order chi connectivity index (χ1) is 13.2. The number of nitrogens with zero attached hydrogens (tertiary/aromatic N) is 1. The summed E-state index contributed by atoms with van der Waals surface area (Å²) in [5.74, 6) is -1.51. The number of hydrogen-bond acceptors (Lipinski definition) is 4. The monoisotopic (exact) mass is 389 g/mol. The Morgan fingerprint density at radius 2 is 1.79 bits per heavy atom. The van der Waals surface area contributed by atoms with Crippen molar-refractivity contribution in [3.05, 3.63) is 53.1 Å². The van der Waals surface area contributed by atoms with Gasteiger partial charge < -0.3 is 14.6 Å². The molecule has 1 aromatic heterocycles. The minimum Gasteiger partial charge on any atom is -0.452 e. The van der Waals surface area contributed by atoms with Gasteiger partial charge in [0.2, 0.25) is 0 Å². The molecule has 0 aliphatic heterocycles. The molecule has 2 N–H and O–H groups in total. The number of halogens is 1. The summed E-state index contributed by atoms with van der Waals surface area (Å²) < 4.78 is 19.9. The fourth-order valence-electron chi connectivity index (χ4n) is 2.67. The zero-order valence-corrected chi connectivity index (χ0v) is 16.3. The average Bonchev–Trinajstić information content (AvgIpc) is 2.93. The van der Waals surface area contributed by atoms with Gasteiger partial charge in [0.1, 0.15) is 5.82 Å². The van der Waals surface area contributed by atoms with Gasteiger partial charge in [-0.15, -0.1) is 0 Å². The molecule has 0 aliphatic carbocycles. The molecule has 7 nitrogen and oxygen atoms in total. The van der Waals surface area contributed by atoms with Crippen LogP contribution in [0.1, 0.15) is 35.6 Å². The zero-order valence-electron chi connectivity index (χ0n) is 16.3. The summed E-state index contributed by atoms with van der Waals surface area (Å²) in [5.41, 5.74) is 2.35. The van der Waals surface area contributed by atoms with E-state index in [-0.39, 0.29) is 11.7 Å². The lowest BCUT2D eigenvalue weighted by molar-refractivity contribution is -0.123. The first-order valence-corrected chi connectivity index (χ1v) is 8.88. The molecule has 8 heteroatoms. The SMILES string of the molecule is Cc1cc(C(=O)OCC(=O)NC(=O)NCC(C)C)c(C)n1-c1ccc(F)cc1. The highest BCUT2D eigenvalue weighted by atomic mass is 19.1. The summed E-state index contributed by atoms with van der Waals surface area (Å²) in [6.45, 7) is 7.23. The molecule has 150 valence electrons. The normalized spacial score (nSPS) is 10.6. The number of carbonyl (C=O) groups excluding carboxylic acids is 3. The number of amides is 3. The molecule has 0 radical (unpaired) electrons. The summed E-state index contributed by atoms with van der Waals surface area (Å²) in [5, 5.41) is 4.63. The molecule has 0 saturated carbocycles. The molecule has 0 saturated heterocycles. The Labute approximate surface area is 162 Å². The molecule has 0 unspecified atom stereocenters. The van der Waals surface area contributed by atoms with E-state index in [1.54, 1.807) is 36.6 Å². The Bertz CT molecular complexity index is 872. The maximum absolute atomic E-state index is 13.1. The van der Waals surface area contributed by atoms with Crippen LogP contribution in [-0.2, 0) is 9.53 Å². The Morgan fingerprint density at radius 1 is 1.14 bits per heavy atom. The van der Waals surface area contributed by atoms with E-state index in [9.17, 15) is 18.8 Å². The van der Waals surface area contributed by atoms with Gasteiger partial charge in [0.05, 0.1) is 5.56 Å². The van der Waals surface area contributed by atoms with Gasteiger partial charge in [-0.2, -0.15) is 0 Å². The highest BCUT2D eigenvalue weighted by molar-refractivity contribution is 5.97. The number of rotatable bonds is 6. The third-order valence-electron chi connectivity index (χ3n) is 3.99. The highest BCUT2D eigenvalue weighted by Gasteiger charge is 2.19. The van der Waals surface area contributed by atoms with Crippen LogP contribution in [0.15, 0.2) is 30.3 Å². The summed E-state index contributed by atoms with van der Waals surface area (Å²) in [7, 11) is 0. The van der Waals surface area contributed by atoms with Crippen LogP contribution in [0, 0.1) is 25.6 Å². The van der Waals surface area contributed by atoms with Crippen LogP contribution < -0.4 is 10.6 Å². The number of ether oxygens (including phenoxy) is 1. The second-order valence-electron chi connectivity index (χ2n) is 6.82. The first-order valence-electron chi connectivity index (χ1n) is 8.88. The summed E-state index contributed by atoms with van der Waals surface area (Å²) in [6, 6.07) is 6.88. The Balaban J connectivity index is 1.99. The fraction of sp³-hybridized carbons (Fsp3) is 0.350. The smallest absolute Gasteiger partial charge is 0.340 e. The lowest BCUT2D eigenvalue weighted by Gasteiger charge is -2.10. The van der Waals surface area contributed by atoms with Crippen molar-refractivity contribution in [2.45, 2.75) is 27.7 Å². The predicted octanol–water partition coefficient (Wildman–Crippen LogP) is 2.87. The van der Waals surface area contributed by atoms with E-state index in [0.29, 0.717) is 23.5 Å². The lowest BCUT2D eigenvalue weighted by atomic mass is 10.2. The minimum atomic E-state index is -0.720. The molecule has 0 fully saturated rings. The number of aromatic nitrogens is 1. The first kappa shape index (κ1) is 21.1. The molecule has 1 heterocycles. The van der Waals surface area contributed by atoms with E-state index < -0.39 is 24.5 Å². The van der Waals surface area contributed by atoms with Gasteiger partial charge in [-0.3, -0.25) is 10.1 Å². The van der Waals surface area contributed by atoms with Crippen molar-refractivity contribution < 1.29 is 23.5 Å². The van der Waals surface area contributed by atoms with Crippen LogP contribution in [0.4, 0.5) is 9.18 Å². The Kier molecular flexibility index (Phi) is 6.92. The van der Waals surface area contributed by atoms with Crippen molar-refractivity contribution in [1.29, 1.82) is 0 Å². The standard InChI is InChI=1S/C20H24FN3O4/c1-12(2)10-22-20(27)23-18(25)11-28-19(26)17-9-13(3)24(14(17)4)16-7-5-15(21)6-8-16/h5-9,12H,10-11H2,1-4H3,(H2,22,23,25,27). The summed E-state index contributed by atoms with van der Waals surface area (Å²) in [4.78, 5) is 35.6. The second-order valence-corrected chi connectivity index (χ2v) is 6.82. The van der Waals surface area contributed by atoms with E-state index >= 15 is 0 Å². The molecule has 2 aromatic rings. The Hall–Kier alpha value is -3.16. The van der Waals surface area contributed by atoms with Gasteiger partial charge in [-0.1, -0.05) is 13.8 Å². The predicted molar refractivity (Wildman–Crippen MR) is 102 cm³/mol. The maximum Gasteiger partial charge on any atom is 0.340 e. The summed E-state index contributed by atoms with van der Waals surface area (Å²) in [6.07, 6.45) is 0. The van der Waals surface area contributed by atoms with Crippen LogP contribution >= 0.6 is 0 Å². The number of imide groups is 1. The van der Waals surface area contributed by atoms with Crippen LogP contribution in [0.3, 0.4) is 0 Å². The maximum atomic E-state index is 13.1. The van der Waals surface area contributed by atoms with E-state index in [0.717, 1.165) is 5.69 Å². The average molecular weight is 389 g/mol. The molecule has 1 aromatic carbocycles. The van der Waals surface area contributed by atoms with Gasteiger partial charge in [-0.25, -0.2) is 14.0 Å². The minimum absolute atomic E-state index is 0.245. The number of carbonyl (C=O) groups is 3. The molecule has 0 bridgehead atoms. The molecule has 3 amide bonds. The number of nitrogens with one attached hydrogen (secondary N) is 2. The Morgan fingerprint density at radius 3 is 2.39 bits per heavy atom. The van der Waals surface area contributed by atoms with Crippen molar-refractivity contribution in [2.24, 2.45) is 5.92 Å². The number of esters is 1. The topological polar surface area (TPSA) is 89.4 Å². The van der Waals surface area contributed by atoms with E-state index in [1.807, 2.05) is 13.8 Å². The van der Waals surface area contributed by atoms with Crippen LogP contribution in [0.2, 0.25) is 0 Å². The fourth-order valence-corrected chi connectivity index (χ4v) is 2.67. The molecule has 0 aliphatic rings. The van der Waals surface area contributed by atoms with Crippen molar-refractivity contribution in [3.8, 4) is 5.69 Å². The van der Waals surface area contributed by atoms with Crippen molar-refractivity contribution in [1.82, 2.24) is 15.2 Å². The molecular formula is C20H24FN3O4. The molecule has 28 heavy (non-hydrogen) atoms. The van der Waals surface area contributed by atoms with Gasteiger partial charge >= 0.3 is 12.0 Å². The van der Waals surface area contributed by atoms with Crippen molar-refractivity contribution >= 4 is 17.9 Å². The van der Waals surface area contributed by atoms with Crippen LogP contribution in [0.5, 0.6) is 0 Å². The molecule has 0 spiro atoms. The van der Waals surface area contributed by atoms with Gasteiger partial charge in [0, 0.05) is 23.6 Å². The second kappa shape index (κ2) is 9.16. The van der Waals surface area contributed by atoms with Gasteiger partial charge in [0.25, 0.3) is 5.91 Å². The summed E-state index contributed by atoms with van der Waals surface area (Å²) >= 11 is 0. The van der Waals surface area contributed by atoms with Gasteiger partial charge in [-0.05, 0) is 50.1 Å². The lowest BCUT2D eigenvalue weighted by Crippen LogP contribution is -2.42. The largest absolute Gasteiger partial charge is 0.452 e. The number of hydrogen-bond donors (Lipinski definition) is 2. The van der Waals surface area contributed by atoms with Gasteiger partial charge in [0.15, 0.2) is 6.61 Å².